The number of hydrogen-bond acceptors (Lipinski definition) is 2. The number of aliphatic carboxylic acids is 1. The second kappa shape index (κ2) is 6.65. The molecule has 0 aliphatic rings. The van der Waals surface area contributed by atoms with Crippen LogP contribution in [0.4, 0.5) is 0 Å². The molecule has 4 nitrogen and oxygen atoms in total. The minimum atomic E-state index is -0.946. The van der Waals surface area contributed by atoms with Crippen LogP contribution in [0.2, 0.25) is 0 Å². The summed E-state index contributed by atoms with van der Waals surface area (Å²) in [5.41, 5.74) is 0. The van der Waals surface area contributed by atoms with Gasteiger partial charge in [-0.1, -0.05) is 0 Å². The maximum atomic E-state index is 10.3. The van der Waals surface area contributed by atoms with Crippen LogP contribution in [0.5, 0.6) is 0 Å². The van der Waals surface area contributed by atoms with Gasteiger partial charge in [0.2, 0.25) is 5.91 Å². The van der Waals surface area contributed by atoms with E-state index < -0.39 is 5.97 Å². The van der Waals surface area contributed by atoms with Gasteiger partial charge in [-0.25, -0.2) is 0 Å². The van der Waals surface area contributed by atoms with Crippen molar-refractivity contribution in [2.75, 3.05) is 7.05 Å². The summed E-state index contributed by atoms with van der Waals surface area (Å²) in [6.07, 6.45) is -0.0362. The summed E-state index contributed by atoms with van der Waals surface area (Å²) in [6.45, 7) is 0. The van der Waals surface area contributed by atoms with Crippen molar-refractivity contribution in [2.24, 2.45) is 0 Å². The number of hydrogen-bond donors (Lipinski definition) is 2. The van der Waals surface area contributed by atoms with Gasteiger partial charge >= 0.3 is 5.97 Å². The first kappa shape index (κ1) is 12.2. The zero-order valence-electron chi connectivity index (χ0n) is 6.18. The van der Waals surface area contributed by atoms with Gasteiger partial charge in [-0.15, -0.1) is 0 Å². The van der Waals surface area contributed by atoms with Gasteiger partial charge in [0.05, 0.1) is 6.42 Å². The number of carboxylic acids is 1. The predicted octanol–water partition coefficient (Wildman–Crippen LogP) is -0.784. The largest absolute Gasteiger partial charge is 0.481 e. The molecule has 0 aromatic heterocycles. The normalized spacial score (nSPS) is 7.70. The number of carbonyl (C=O) groups excluding carboxylic acids is 1. The SMILES string of the molecule is CNC(=O)CCC(=O)O.[Li]. The molecule has 2 N–H and O–H groups in total. The third-order valence-corrected chi connectivity index (χ3v) is 0.845. The van der Waals surface area contributed by atoms with Gasteiger partial charge in [0.1, 0.15) is 0 Å². The van der Waals surface area contributed by atoms with Crippen LogP contribution in [-0.4, -0.2) is 42.9 Å². The van der Waals surface area contributed by atoms with Gasteiger partial charge in [0, 0.05) is 32.3 Å². The number of carboxylic acid groups (broad SMARTS) is 1. The molecule has 53 valence electrons. The topological polar surface area (TPSA) is 66.4 Å². The summed E-state index contributed by atoms with van der Waals surface area (Å²) in [5, 5.41) is 10.4. The second-order valence-electron chi connectivity index (χ2n) is 1.57. The number of carbonyl (C=O) groups is 2. The minimum Gasteiger partial charge on any atom is -0.481 e. The average molecular weight is 138 g/mol. The molecule has 0 bridgehead atoms. The molecule has 0 atom stereocenters. The van der Waals surface area contributed by atoms with Crippen LogP contribution in [0.25, 0.3) is 0 Å². The van der Waals surface area contributed by atoms with E-state index in [4.69, 9.17) is 5.11 Å². The van der Waals surface area contributed by atoms with Crippen LogP contribution < -0.4 is 5.32 Å². The van der Waals surface area contributed by atoms with Gasteiger partial charge < -0.3 is 10.4 Å². The monoisotopic (exact) mass is 138 g/mol. The minimum absolute atomic E-state index is 0. The van der Waals surface area contributed by atoms with Crippen LogP contribution in [0.3, 0.4) is 0 Å². The molecular formula is C5H9LiNO3. The van der Waals surface area contributed by atoms with Crippen molar-refractivity contribution >= 4 is 30.7 Å². The van der Waals surface area contributed by atoms with Gasteiger partial charge in [-0.05, 0) is 0 Å². The molecule has 0 rings (SSSR count). The molecule has 0 aromatic carbocycles. The number of rotatable bonds is 3. The van der Waals surface area contributed by atoms with Gasteiger partial charge in [0.25, 0.3) is 0 Å². The second-order valence-corrected chi connectivity index (χ2v) is 1.57. The van der Waals surface area contributed by atoms with Crippen molar-refractivity contribution < 1.29 is 14.7 Å². The molecule has 0 saturated carbocycles. The summed E-state index contributed by atoms with van der Waals surface area (Å²) in [4.78, 5) is 20.2. The first-order valence-electron chi connectivity index (χ1n) is 2.59. The van der Waals surface area contributed by atoms with E-state index in [1.807, 2.05) is 0 Å². The van der Waals surface area contributed by atoms with Crippen molar-refractivity contribution in [3.8, 4) is 0 Å². The van der Waals surface area contributed by atoms with Crippen molar-refractivity contribution in [2.45, 2.75) is 12.8 Å². The van der Waals surface area contributed by atoms with E-state index >= 15 is 0 Å². The fourth-order valence-electron chi connectivity index (χ4n) is 0.345. The molecule has 0 aliphatic heterocycles. The van der Waals surface area contributed by atoms with Crippen LogP contribution in [0.15, 0.2) is 0 Å². The predicted molar refractivity (Wildman–Crippen MR) is 36.7 cm³/mol. The molecule has 0 saturated heterocycles. The maximum Gasteiger partial charge on any atom is 0.303 e. The summed E-state index contributed by atoms with van der Waals surface area (Å²) in [5.74, 6) is -1.18. The molecule has 0 unspecified atom stereocenters. The first-order chi connectivity index (χ1) is 4.16. The van der Waals surface area contributed by atoms with Gasteiger partial charge in [0.15, 0.2) is 0 Å². The van der Waals surface area contributed by atoms with Crippen molar-refractivity contribution in [1.82, 2.24) is 5.32 Å². The standard InChI is InChI=1S/C5H9NO3.Li/c1-6-4(7)2-3-5(8)9;/h2-3H2,1H3,(H,6,7)(H,8,9);. The summed E-state index contributed by atoms with van der Waals surface area (Å²) in [6, 6.07) is 0. The third kappa shape index (κ3) is 7.54. The van der Waals surface area contributed by atoms with Gasteiger partial charge in [-0.3, -0.25) is 9.59 Å². The van der Waals surface area contributed by atoms with E-state index in [0.29, 0.717) is 0 Å². The zero-order chi connectivity index (χ0) is 7.28. The molecule has 0 spiro atoms. The van der Waals surface area contributed by atoms with Crippen molar-refractivity contribution in [3.05, 3.63) is 0 Å². The average Bonchev–Trinajstić information content (AvgIpc) is 1.83. The molecule has 1 amide bonds. The van der Waals surface area contributed by atoms with Crippen LogP contribution in [-0.2, 0) is 9.59 Å². The molecule has 1 radical (unpaired) electrons. The Hall–Kier alpha value is -0.463. The Labute approximate surface area is 71.2 Å². The summed E-state index contributed by atoms with van der Waals surface area (Å²) >= 11 is 0. The third-order valence-electron chi connectivity index (χ3n) is 0.845. The zero-order valence-corrected chi connectivity index (χ0v) is 6.18. The molecule has 0 heterocycles. The molecular weight excluding hydrogens is 129 g/mol. The van der Waals surface area contributed by atoms with Crippen molar-refractivity contribution in [3.63, 3.8) is 0 Å². The number of nitrogens with one attached hydrogen (secondary N) is 1. The Bertz CT molecular complexity index is 126. The van der Waals surface area contributed by atoms with E-state index in [1.54, 1.807) is 0 Å². The number of amides is 1. The van der Waals surface area contributed by atoms with E-state index in [2.05, 4.69) is 5.32 Å². The smallest absolute Gasteiger partial charge is 0.303 e. The summed E-state index contributed by atoms with van der Waals surface area (Å²) < 4.78 is 0. The van der Waals surface area contributed by atoms with E-state index in [9.17, 15) is 9.59 Å². The Kier molecular flexibility index (Phi) is 8.14. The molecule has 0 aliphatic carbocycles. The molecule has 5 heteroatoms. The van der Waals surface area contributed by atoms with Crippen LogP contribution in [0.1, 0.15) is 12.8 Å². The van der Waals surface area contributed by atoms with E-state index in [0.717, 1.165) is 0 Å². The summed E-state index contributed by atoms with van der Waals surface area (Å²) in [7, 11) is 1.48. The van der Waals surface area contributed by atoms with Gasteiger partial charge in [-0.2, -0.15) is 0 Å². The fourth-order valence-corrected chi connectivity index (χ4v) is 0.345. The van der Waals surface area contributed by atoms with E-state index in [1.165, 1.54) is 7.05 Å². The quantitative estimate of drug-likeness (QED) is 0.502. The van der Waals surface area contributed by atoms with Crippen LogP contribution >= 0.6 is 0 Å². The Balaban J connectivity index is 0. The Morgan fingerprint density at radius 3 is 2.20 bits per heavy atom. The maximum absolute atomic E-state index is 10.3. The first-order valence-corrected chi connectivity index (χ1v) is 2.59. The Morgan fingerprint density at radius 1 is 1.40 bits per heavy atom. The van der Waals surface area contributed by atoms with Crippen LogP contribution in [0, 0.1) is 0 Å². The molecule has 10 heavy (non-hydrogen) atoms. The molecule has 0 aromatic rings. The fraction of sp³-hybridized carbons (Fsp3) is 0.600. The Morgan fingerprint density at radius 2 is 1.90 bits per heavy atom. The molecule has 0 fully saturated rings. The van der Waals surface area contributed by atoms with E-state index in [-0.39, 0.29) is 37.6 Å². The van der Waals surface area contributed by atoms with Crippen molar-refractivity contribution in [1.29, 1.82) is 0 Å².